The zero-order chi connectivity index (χ0) is 17.1. The summed E-state index contributed by atoms with van der Waals surface area (Å²) in [6.07, 6.45) is -0.336. The Morgan fingerprint density at radius 3 is 2.54 bits per heavy atom. The number of benzene rings is 2. The van der Waals surface area contributed by atoms with Gasteiger partial charge in [-0.05, 0) is 36.8 Å². The Bertz CT molecular complexity index is 769. The molecule has 1 heterocycles. The van der Waals surface area contributed by atoms with E-state index in [4.69, 9.17) is 9.47 Å². The van der Waals surface area contributed by atoms with Gasteiger partial charge in [-0.15, -0.1) is 0 Å². The second-order valence-electron chi connectivity index (χ2n) is 5.58. The Morgan fingerprint density at radius 1 is 1.12 bits per heavy atom. The van der Waals surface area contributed by atoms with Crippen LogP contribution < -0.4 is 19.9 Å². The van der Waals surface area contributed by atoms with E-state index in [1.165, 1.54) is 0 Å². The van der Waals surface area contributed by atoms with Gasteiger partial charge in [-0.2, -0.15) is 0 Å². The fourth-order valence-corrected chi connectivity index (χ4v) is 2.50. The van der Waals surface area contributed by atoms with Gasteiger partial charge in [0.05, 0.1) is 6.04 Å². The summed E-state index contributed by atoms with van der Waals surface area (Å²) in [6.45, 7) is 2.05. The average Bonchev–Trinajstić information content (AvgIpc) is 3.02. The van der Waals surface area contributed by atoms with E-state index in [0.717, 1.165) is 5.56 Å². The third kappa shape index (κ3) is 3.48. The predicted molar refractivity (Wildman–Crippen MR) is 83.6 cm³/mol. The molecule has 24 heavy (non-hydrogen) atoms. The van der Waals surface area contributed by atoms with Crippen molar-refractivity contribution < 1.29 is 24.2 Å². The molecule has 3 rings (SSSR count). The number of carboxylic acid groups (broad SMARTS) is 1. The van der Waals surface area contributed by atoms with Gasteiger partial charge in [-0.3, -0.25) is 4.79 Å². The number of hydrogen-bond acceptors (Lipinski definition) is 5. The highest BCUT2D eigenvalue weighted by atomic mass is 16.7. The van der Waals surface area contributed by atoms with Gasteiger partial charge in [-0.1, -0.05) is 23.8 Å². The summed E-state index contributed by atoms with van der Waals surface area (Å²) in [5.74, 6) is -0.475. The van der Waals surface area contributed by atoms with Gasteiger partial charge in [0.1, 0.15) is 0 Å². The Morgan fingerprint density at radius 2 is 1.83 bits per heavy atom. The molecule has 124 valence electrons. The maximum absolute atomic E-state index is 12.4. The number of carbonyl (C=O) groups excluding carboxylic acids is 2. The molecular weight excluding hydrogens is 310 g/mol. The molecule has 0 aliphatic carbocycles. The van der Waals surface area contributed by atoms with E-state index in [9.17, 15) is 14.7 Å². The molecular formula is C18H16NO5-. The van der Waals surface area contributed by atoms with Gasteiger partial charge in [0.15, 0.2) is 11.5 Å². The van der Waals surface area contributed by atoms with Gasteiger partial charge in [-0.25, -0.2) is 0 Å². The van der Waals surface area contributed by atoms with Crippen molar-refractivity contribution in [2.75, 3.05) is 6.79 Å². The Labute approximate surface area is 139 Å². The Hall–Kier alpha value is -3.02. The molecule has 1 aliphatic heterocycles. The molecule has 0 unspecified atom stereocenters. The molecule has 2 aromatic carbocycles. The van der Waals surface area contributed by atoms with Crippen LogP contribution >= 0.6 is 0 Å². The molecule has 6 nitrogen and oxygen atoms in total. The van der Waals surface area contributed by atoms with Gasteiger partial charge in [0.2, 0.25) is 6.79 Å². The van der Waals surface area contributed by atoms with Crippen LogP contribution in [0.1, 0.15) is 33.9 Å². The van der Waals surface area contributed by atoms with E-state index in [1.807, 2.05) is 19.1 Å². The lowest BCUT2D eigenvalue weighted by molar-refractivity contribution is -0.306. The van der Waals surface area contributed by atoms with Gasteiger partial charge < -0.3 is 24.7 Å². The van der Waals surface area contributed by atoms with Crippen LogP contribution in [0.3, 0.4) is 0 Å². The van der Waals surface area contributed by atoms with E-state index < -0.39 is 12.0 Å². The predicted octanol–water partition coefficient (Wildman–Crippen LogP) is 1.33. The van der Waals surface area contributed by atoms with Gasteiger partial charge in [0, 0.05) is 18.0 Å². The lowest BCUT2D eigenvalue weighted by Gasteiger charge is -2.20. The normalized spacial score (nSPS) is 13.4. The third-order valence-electron chi connectivity index (χ3n) is 3.79. The summed E-state index contributed by atoms with van der Waals surface area (Å²) in [4.78, 5) is 23.4. The fraction of sp³-hybridized carbons (Fsp3) is 0.222. The highest BCUT2D eigenvalue weighted by Gasteiger charge is 2.20. The molecule has 0 saturated heterocycles. The topological polar surface area (TPSA) is 87.7 Å². The van der Waals surface area contributed by atoms with Crippen molar-refractivity contribution in [3.05, 3.63) is 59.2 Å². The molecule has 1 aliphatic rings. The zero-order valence-corrected chi connectivity index (χ0v) is 13.1. The van der Waals surface area contributed by atoms with Gasteiger partial charge in [0.25, 0.3) is 5.91 Å². The molecule has 0 radical (unpaired) electrons. The van der Waals surface area contributed by atoms with Crippen LogP contribution in [0.5, 0.6) is 11.5 Å². The summed E-state index contributed by atoms with van der Waals surface area (Å²) in [5.41, 5.74) is 2.11. The van der Waals surface area contributed by atoms with Crippen molar-refractivity contribution in [1.82, 2.24) is 5.32 Å². The lowest BCUT2D eigenvalue weighted by Crippen LogP contribution is -2.34. The second kappa shape index (κ2) is 6.62. The van der Waals surface area contributed by atoms with Crippen molar-refractivity contribution in [1.29, 1.82) is 0 Å². The number of aliphatic carboxylic acids is 1. The number of fused-ring (bicyclic) bond motifs is 1. The van der Waals surface area contributed by atoms with Crippen LogP contribution in [-0.4, -0.2) is 18.7 Å². The number of ether oxygens (including phenoxy) is 2. The van der Waals surface area contributed by atoms with Crippen molar-refractivity contribution in [2.24, 2.45) is 0 Å². The quantitative estimate of drug-likeness (QED) is 0.896. The lowest BCUT2D eigenvalue weighted by atomic mass is 10.0. The molecule has 6 heteroatoms. The molecule has 1 amide bonds. The van der Waals surface area contributed by atoms with Crippen LogP contribution in [-0.2, 0) is 4.79 Å². The Kier molecular flexibility index (Phi) is 4.37. The molecule has 1 atom stereocenters. The van der Waals surface area contributed by atoms with Crippen LogP contribution in [0.4, 0.5) is 0 Å². The number of hydrogen-bond donors (Lipinski definition) is 1. The smallest absolute Gasteiger partial charge is 0.251 e. The zero-order valence-electron chi connectivity index (χ0n) is 13.1. The SMILES string of the molecule is Cc1ccc(C(=O)N[C@H](CC(=O)[O-])c2ccc3c(c2)OCO3)cc1. The largest absolute Gasteiger partial charge is 0.550 e. The first-order valence-electron chi connectivity index (χ1n) is 7.50. The maximum atomic E-state index is 12.4. The van der Waals surface area contributed by atoms with E-state index in [1.54, 1.807) is 30.3 Å². The molecule has 1 N–H and O–H groups in total. The van der Waals surface area contributed by atoms with E-state index in [0.29, 0.717) is 22.6 Å². The summed E-state index contributed by atoms with van der Waals surface area (Å²) in [7, 11) is 0. The standard InChI is InChI=1S/C18H17NO5/c1-11-2-4-12(5-3-11)18(22)19-14(9-17(20)21)13-6-7-15-16(8-13)24-10-23-15/h2-8,14H,9-10H2,1H3,(H,19,22)(H,20,21)/p-1/t14-/m1/s1. The van der Waals surface area contributed by atoms with Crippen molar-refractivity contribution >= 4 is 11.9 Å². The number of carboxylic acids is 1. The van der Waals surface area contributed by atoms with Crippen molar-refractivity contribution in [3.8, 4) is 11.5 Å². The second-order valence-corrected chi connectivity index (χ2v) is 5.58. The van der Waals surface area contributed by atoms with Crippen LogP contribution in [0.2, 0.25) is 0 Å². The molecule has 0 bridgehead atoms. The van der Waals surface area contributed by atoms with E-state index in [-0.39, 0.29) is 19.1 Å². The number of carbonyl (C=O) groups is 2. The first kappa shape index (κ1) is 15.9. The Balaban J connectivity index is 1.82. The van der Waals surface area contributed by atoms with Crippen LogP contribution in [0.15, 0.2) is 42.5 Å². The summed E-state index contributed by atoms with van der Waals surface area (Å²) >= 11 is 0. The third-order valence-corrected chi connectivity index (χ3v) is 3.79. The summed E-state index contributed by atoms with van der Waals surface area (Å²) < 4.78 is 10.5. The van der Waals surface area contributed by atoms with E-state index >= 15 is 0 Å². The highest BCUT2D eigenvalue weighted by molar-refractivity contribution is 5.94. The number of nitrogens with one attached hydrogen (secondary N) is 1. The van der Waals surface area contributed by atoms with Crippen LogP contribution in [0.25, 0.3) is 0 Å². The molecule has 0 spiro atoms. The first-order valence-corrected chi connectivity index (χ1v) is 7.50. The monoisotopic (exact) mass is 326 g/mol. The van der Waals surface area contributed by atoms with Crippen molar-refractivity contribution in [2.45, 2.75) is 19.4 Å². The summed E-state index contributed by atoms with van der Waals surface area (Å²) in [5, 5.41) is 13.8. The summed E-state index contributed by atoms with van der Waals surface area (Å²) in [6, 6.07) is 11.4. The highest BCUT2D eigenvalue weighted by Crippen LogP contribution is 2.34. The minimum Gasteiger partial charge on any atom is -0.550 e. The number of aryl methyl sites for hydroxylation is 1. The minimum atomic E-state index is -1.25. The average molecular weight is 326 g/mol. The maximum Gasteiger partial charge on any atom is 0.251 e. The van der Waals surface area contributed by atoms with Gasteiger partial charge >= 0.3 is 0 Å². The molecule has 0 saturated carbocycles. The van der Waals surface area contributed by atoms with Crippen molar-refractivity contribution in [3.63, 3.8) is 0 Å². The molecule has 2 aromatic rings. The van der Waals surface area contributed by atoms with Crippen LogP contribution in [0, 0.1) is 6.92 Å². The number of amides is 1. The molecule has 0 fully saturated rings. The number of rotatable bonds is 5. The minimum absolute atomic E-state index is 0.125. The fourth-order valence-electron chi connectivity index (χ4n) is 2.50. The first-order chi connectivity index (χ1) is 11.5. The molecule has 0 aromatic heterocycles. The van der Waals surface area contributed by atoms with E-state index in [2.05, 4.69) is 5.32 Å².